The molecule has 14 heteroatoms. The summed E-state index contributed by atoms with van der Waals surface area (Å²) < 4.78 is 50.8. The molecule has 248 valence electrons. The number of esters is 1. The molecule has 0 saturated heterocycles. The average molecular weight is 663 g/mol. The van der Waals surface area contributed by atoms with Crippen molar-refractivity contribution in [2.45, 2.75) is 19.1 Å². The number of hydrogen-bond acceptors (Lipinski definition) is 7. The van der Waals surface area contributed by atoms with Gasteiger partial charge in [-0.3, -0.25) is 14.4 Å². The summed E-state index contributed by atoms with van der Waals surface area (Å²) in [5.74, 6) is -3.08. The number of methoxy groups -OCH3 is 1. The van der Waals surface area contributed by atoms with Crippen molar-refractivity contribution in [2.24, 2.45) is 10.7 Å². The van der Waals surface area contributed by atoms with Crippen molar-refractivity contribution in [3.8, 4) is 11.5 Å². The van der Waals surface area contributed by atoms with Crippen molar-refractivity contribution in [1.82, 2.24) is 4.90 Å². The smallest absolute Gasteiger partial charge is 0.416 e. The molecule has 4 N–H and O–H groups in total. The number of rotatable bonds is 12. The van der Waals surface area contributed by atoms with Crippen LogP contribution in [0.15, 0.2) is 96.0 Å². The Hall–Kier alpha value is -6.18. The number of nitrogens with two attached hydrogens (primary N) is 1. The number of benzene rings is 4. The van der Waals surface area contributed by atoms with Crippen LogP contribution in [0.2, 0.25) is 0 Å². The van der Waals surface area contributed by atoms with E-state index in [4.69, 9.17) is 15.2 Å². The fourth-order valence-electron chi connectivity index (χ4n) is 4.60. The van der Waals surface area contributed by atoms with Crippen LogP contribution < -0.4 is 20.5 Å². The van der Waals surface area contributed by atoms with Crippen LogP contribution >= 0.6 is 0 Å². The van der Waals surface area contributed by atoms with Crippen LogP contribution in [0.1, 0.15) is 37.4 Å². The summed E-state index contributed by atoms with van der Waals surface area (Å²) in [5.41, 5.74) is 5.48. The summed E-state index contributed by atoms with van der Waals surface area (Å²) in [4.78, 5) is 55.1. The molecule has 0 aromatic heterocycles. The Labute approximate surface area is 272 Å². The number of amides is 2. The number of hydrogen-bond donors (Lipinski definition) is 3. The lowest BCUT2D eigenvalue weighted by molar-refractivity contribution is -0.139. The van der Waals surface area contributed by atoms with E-state index in [1.165, 1.54) is 61.7 Å². The molecule has 0 bridgehead atoms. The first kappa shape index (κ1) is 34.7. The highest BCUT2D eigenvalue weighted by Gasteiger charge is 2.34. The minimum atomic E-state index is -4.70. The fraction of sp³-hybridized carbons (Fsp3) is 0.147. The third-order valence-corrected chi connectivity index (χ3v) is 6.85. The highest BCUT2D eigenvalue weighted by Crippen LogP contribution is 2.35. The monoisotopic (exact) mass is 662 g/mol. The van der Waals surface area contributed by atoms with Gasteiger partial charge in [0.05, 0.1) is 36.7 Å². The highest BCUT2D eigenvalue weighted by atomic mass is 19.4. The Morgan fingerprint density at radius 1 is 0.938 bits per heavy atom. The van der Waals surface area contributed by atoms with Gasteiger partial charge in [0, 0.05) is 17.8 Å². The number of carbonyl (C=O) groups excluding carboxylic acids is 3. The van der Waals surface area contributed by atoms with Gasteiger partial charge in [0.25, 0.3) is 5.91 Å². The maximum atomic E-state index is 13.5. The molecule has 0 aliphatic heterocycles. The van der Waals surface area contributed by atoms with E-state index in [0.29, 0.717) is 11.3 Å². The maximum absolute atomic E-state index is 13.5. The number of nitrogens with zero attached hydrogens (tertiary/aromatic N) is 2. The van der Waals surface area contributed by atoms with Crippen molar-refractivity contribution >= 4 is 41.5 Å². The minimum Gasteiger partial charge on any atom is -0.497 e. The van der Waals surface area contributed by atoms with Gasteiger partial charge in [-0.15, -0.1) is 0 Å². The van der Waals surface area contributed by atoms with E-state index >= 15 is 0 Å². The Bertz CT molecular complexity index is 1830. The van der Waals surface area contributed by atoms with Crippen molar-refractivity contribution < 1.29 is 46.9 Å². The van der Waals surface area contributed by atoms with E-state index < -0.39 is 48.5 Å². The van der Waals surface area contributed by atoms with Crippen molar-refractivity contribution in [1.29, 1.82) is 0 Å². The fourth-order valence-corrected chi connectivity index (χ4v) is 4.60. The van der Waals surface area contributed by atoms with Crippen LogP contribution in [-0.4, -0.2) is 53.8 Å². The molecule has 0 saturated carbocycles. The molecular weight excluding hydrogens is 633 g/mol. The average Bonchev–Trinajstić information content (AvgIpc) is 3.05. The molecule has 4 rings (SSSR count). The molecule has 2 amide bonds. The van der Waals surface area contributed by atoms with Crippen LogP contribution in [-0.2, 0) is 28.7 Å². The van der Waals surface area contributed by atoms with Gasteiger partial charge in [0.1, 0.15) is 18.0 Å². The summed E-state index contributed by atoms with van der Waals surface area (Å²) in [5, 5.41) is 11.9. The summed E-state index contributed by atoms with van der Waals surface area (Å²) in [6.45, 7) is -0.731. The lowest BCUT2D eigenvalue weighted by Crippen LogP contribution is -2.35. The molecule has 0 fully saturated rings. The van der Waals surface area contributed by atoms with Crippen molar-refractivity contribution in [2.75, 3.05) is 19.0 Å². The molecule has 0 radical (unpaired) electrons. The second-order valence-electron chi connectivity index (χ2n) is 10.2. The lowest BCUT2D eigenvalue weighted by atomic mass is 10.0. The zero-order valence-corrected chi connectivity index (χ0v) is 25.4. The molecule has 0 heterocycles. The number of anilines is 1. The summed E-state index contributed by atoms with van der Waals surface area (Å²) in [6.07, 6.45) is -4.21. The number of carbonyl (C=O) groups is 4. The number of para-hydroxylation sites is 1. The van der Waals surface area contributed by atoms with Gasteiger partial charge in [-0.2, -0.15) is 13.2 Å². The molecular formula is C34H29F3N4O7. The normalized spacial score (nSPS) is 11.2. The third kappa shape index (κ3) is 9.19. The molecule has 0 aliphatic carbocycles. The zero-order chi connectivity index (χ0) is 34.8. The van der Waals surface area contributed by atoms with Crippen LogP contribution in [0.3, 0.4) is 0 Å². The van der Waals surface area contributed by atoms with E-state index in [1.807, 2.05) is 0 Å². The lowest BCUT2D eigenvalue weighted by Gasteiger charge is -2.21. The van der Waals surface area contributed by atoms with Crippen molar-refractivity contribution in [3.63, 3.8) is 0 Å². The number of alkyl halides is 3. The van der Waals surface area contributed by atoms with E-state index in [0.717, 1.165) is 17.3 Å². The molecule has 0 atom stereocenters. The van der Waals surface area contributed by atoms with E-state index in [2.05, 4.69) is 10.3 Å². The van der Waals surface area contributed by atoms with Gasteiger partial charge >= 0.3 is 18.1 Å². The predicted molar refractivity (Wildman–Crippen MR) is 169 cm³/mol. The van der Waals surface area contributed by atoms with Gasteiger partial charge in [-0.25, -0.2) is 9.79 Å². The SMILES string of the molecule is COc1ccc(CC(=O)Nc2ccc(C(=O)N(CC(=O)O)Cc3ccc(OC(=O)c4ccccc4N=CN)cc3)cc2)c(C(F)(F)F)c1. The summed E-state index contributed by atoms with van der Waals surface area (Å²) in [7, 11) is 1.23. The first-order chi connectivity index (χ1) is 22.9. The van der Waals surface area contributed by atoms with Crippen LogP contribution in [0.4, 0.5) is 24.5 Å². The predicted octanol–water partition coefficient (Wildman–Crippen LogP) is 5.46. The quantitative estimate of drug-likeness (QED) is 0.0780. The number of aliphatic imine (C=N–C) groups is 1. The number of ether oxygens (including phenoxy) is 2. The van der Waals surface area contributed by atoms with Gasteiger partial charge in [0.15, 0.2) is 0 Å². The number of carboxylic acid groups (broad SMARTS) is 1. The first-order valence-corrected chi connectivity index (χ1v) is 14.2. The van der Waals surface area contributed by atoms with Gasteiger partial charge in [0.2, 0.25) is 5.91 Å². The van der Waals surface area contributed by atoms with E-state index in [9.17, 15) is 37.5 Å². The molecule has 0 spiro atoms. The highest BCUT2D eigenvalue weighted by molar-refractivity contribution is 5.98. The molecule has 0 unspecified atom stereocenters. The van der Waals surface area contributed by atoms with Crippen molar-refractivity contribution in [3.05, 3.63) is 119 Å². The number of carboxylic acids is 1. The largest absolute Gasteiger partial charge is 0.497 e. The topological polar surface area (TPSA) is 161 Å². The van der Waals surface area contributed by atoms with E-state index in [-0.39, 0.29) is 40.4 Å². The molecule has 11 nitrogen and oxygen atoms in total. The second-order valence-corrected chi connectivity index (χ2v) is 10.2. The molecule has 4 aromatic carbocycles. The molecule has 48 heavy (non-hydrogen) atoms. The Morgan fingerprint density at radius 2 is 1.60 bits per heavy atom. The number of halogens is 3. The number of nitrogens with one attached hydrogen (secondary N) is 1. The van der Waals surface area contributed by atoms with Crippen LogP contribution in [0.25, 0.3) is 0 Å². The van der Waals surface area contributed by atoms with Gasteiger partial charge in [-0.05, 0) is 71.8 Å². The Morgan fingerprint density at radius 3 is 2.23 bits per heavy atom. The Kier molecular flexibility index (Phi) is 11.1. The third-order valence-electron chi connectivity index (χ3n) is 6.85. The zero-order valence-electron chi connectivity index (χ0n) is 25.4. The van der Waals surface area contributed by atoms with E-state index in [1.54, 1.807) is 30.3 Å². The number of aliphatic carboxylic acids is 1. The van der Waals surface area contributed by atoms with Crippen LogP contribution in [0, 0.1) is 0 Å². The summed E-state index contributed by atoms with van der Waals surface area (Å²) >= 11 is 0. The standard InChI is InChI=1S/C34H29F3N4O7/c1-47-26-15-10-23(28(17-26)34(35,36)37)16-30(42)40-24-11-8-22(9-12-24)32(45)41(19-31(43)44)18-21-6-13-25(14-7-21)48-33(46)27-4-2-3-5-29(27)39-20-38/h2-15,17,20H,16,18-19H2,1H3,(H2,38,39)(H,40,42)(H,43,44). The molecule has 4 aromatic rings. The minimum absolute atomic E-state index is 0.00148. The van der Waals surface area contributed by atoms with Crippen LogP contribution in [0.5, 0.6) is 11.5 Å². The van der Waals surface area contributed by atoms with Gasteiger partial charge < -0.3 is 30.5 Å². The first-order valence-electron chi connectivity index (χ1n) is 14.2. The van der Waals surface area contributed by atoms with Gasteiger partial charge in [-0.1, -0.05) is 30.3 Å². The maximum Gasteiger partial charge on any atom is 0.416 e. The second kappa shape index (κ2) is 15.4. The summed E-state index contributed by atoms with van der Waals surface area (Å²) in [6, 6.07) is 21.4. The molecule has 0 aliphatic rings. The Balaban J connectivity index is 1.41.